The van der Waals surface area contributed by atoms with Crippen molar-refractivity contribution in [1.82, 2.24) is 19.5 Å². The van der Waals surface area contributed by atoms with E-state index in [1.807, 2.05) is 60.7 Å². The minimum Gasteiger partial charge on any atom is -0.309 e. The molecule has 4 nitrogen and oxygen atoms in total. The third kappa shape index (κ3) is 5.80. The number of benzene rings is 10. The molecule has 12 aromatic rings. The first-order chi connectivity index (χ1) is 30.3. The molecule has 0 spiro atoms. The molecule has 0 atom stereocenters. The van der Waals surface area contributed by atoms with Gasteiger partial charge in [-0.15, -0.1) is 0 Å². The predicted octanol–water partition coefficient (Wildman–Crippen LogP) is 14.8. The molecule has 12 rings (SSSR count). The maximum absolute atomic E-state index is 5.02. The second-order valence-corrected chi connectivity index (χ2v) is 15.5. The van der Waals surface area contributed by atoms with Gasteiger partial charge in [0.25, 0.3) is 0 Å². The van der Waals surface area contributed by atoms with E-state index in [0.29, 0.717) is 17.5 Å². The Morgan fingerprint density at radius 1 is 0.262 bits per heavy atom. The molecule has 0 N–H and O–H groups in total. The molecule has 0 bridgehead atoms. The molecule has 0 amide bonds. The van der Waals surface area contributed by atoms with E-state index in [1.165, 1.54) is 65.3 Å². The molecule has 0 aliphatic heterocycles. The summed E-state index contributed by atoms with van der Waals surface area (Å²) < 4.78 is 2.41. The zero-order chi connectivity index (χ0) is 40.3. The lowest BCUT2D eigenvalue weighted by Crippen LogP contribution is -2.00. The monoisotopic (exact) mass is 776 g/mol. The van der Waals surface area contributed by atoms with Crippen LogP contribution in [0.3, 0.4) is 0 Å². The van der Waals surface area contributed by atoms with Gasteiger partial charge in [0, 0.05) is 33.2 Å². The number of hydrogen-bond donors (Lipinski definition) is 0. The molecule has 284 valence electrons. The SMILES string of the molecule is c1ccc(-c2nc(-c3ccccc3)nc(-c3ccc(-c4c(-c5ccc(-n6c7ccccc7c7c8ccccc8ccc76)cc5)c5ccccc5c5ccccc45)cc3)n2)cc1. The van der Waals surface area contributed by atoms with Gasteiger partial charge in [0.15, 0.2) is 17.5 Å². The molecule has 0 saturated heterocycles. The molecule has 61 heavy (non-hydrogen) atoms. The topological polar surface area (TPSA) is 43.6 Å². The molecule has 0 radical (unpaired) electrons. The molecule has 2 aromatic heterocycles. The van der Waals surface area contributed by atoms with Crippen LogP contribution in [0, 0.1) is 0 Å². The Bertz CT molecular complexity index is 3550. The lowest BCUT2D eigenvalue weighted by molar-refractivity contribution is 1.07. The van der Waals surface area contributed by atoms with Gasteiger partial charge in [-0.3, -0.25) is 0 Å². The highest BCUT2D eigenvalue weighted by atomic mass is 15.0. The molecule has 0 aliphatic rings. The number of aromatic nitrogens is 4. The van der Waals surface area contributed by atoms with Crippen LogP contribution in [-0.2, 0) is 0 Å². The Hall–Kier alpha value is -8.21. The molecule has 0 aliphatic carbocycles. The van der Waals surface area contributed by atoms with Gasteiger partial charge < -0.3 is 4.57 Å². The Morgan fingerprint density at radius 2 is 0.672 bits per heavy atom. The minimum absolute atomic E-state index is 0.636. The van der Waals surface area contributed by atoms with Crippen LogP contribution < -0.4 is 0 Å². The maximum atomic E-state index is 5.02. The number of fused-ring (bicyclic) bond motifs is 8. The Labute approximate surface area is 352 Å². The first-order valence-electron chi connectivity index (χ1n) is 20.7. The summed E-state index contributed by atoms with van der Waals surface area (Å²) in [6.07, 6.45) is 0. The zero-order valence-corrected chi connectivity index (χ0v) is 33.1. The maximum Gasteiger partial charge on any atom is 0.164 e. The second-order valence-electron chi connectivity index (χ2n) is 15.5. The summed E-state index contributed by atoms with van der Waals surface area (Å²) in [6.45, 7) is 0. The summed E-state index contributed by atoms with van der Waals surface area (Å²) in [4.78, 5) is 14.9. The largest absolute Gasteiger partial charge is 0.309 e. The van der Waals surface area contributed by atoms with Crippen molar-refractivity contribution >= 4 is 54.1 Å². The molecular weight excluding hydrogens is 741 g/mol. The first kappa shape index (κ1) is 34.8. The number of nitrogens with zero attached hydrogens (tertiary/aromatic N) is 4. The van der Waals surface area contributed by atoms with Crippen molar-refractivity contribution in [3.8, 4) is 62.1 Å². The van der Waals surface area contributed by atoms with Crippen LogP contribution in [0.4, 0.5) is 0 Å². The average molecular weight is 777 g/mol. The van der Waals surface area contributed by atoms with Crippen molar-refractivity contribution in [2.45, 2.75) is 0 Å². The van der Waals surface area contributed by atoms with Crippen molar-refractivity contribution in [2.24, 2.45) is 0 Å². The molecule has 4 heteroatoms. The lowest BCUT2D eigenvalue weighted by Gasteiger charge is -2.19. The van der Waals surface area contributed by atoms with E-state index in [0.717, 1.165) is 33.5 Å². The van der Waals surface area contributed by atoms with Crippen LogP contribution in [0.15, 0.2) is 218 Å². The van der Waals surface area contributed by atoms with E-state index in [9.17, 15) is 0 Å². The molecular formula is C57H36N4. The van der Waals surface area contributed by atoms with Gasteiger partial charge in [0.2, 0.25) is 0 Å². The highest BCUT2D eigenvalue weighted by molar-refractivity contribution is 6.23. The third-order valence-electron chi connectivity index (χ3n) is 12.0. The fourth-order valence-corrected chi connectivity index (χ4v) is 9.26. The molecule has 0 fully saturated rings. The van der Waals surface area contributed by atoms with Gasteiger partial charge in [0.1, 0.15) is 0 Å². The zero-order valence-electron chi connectivity index (χ0n) is 33.1. The van der Waals surface area contributed by atoms with E-state index >= 15 is 0 Å². The van der Waals surface area contributed by atoms with Gasteiger partial charge >= 0.3 is 0 Å². The fourth-order valence-electron chi connectivity index (χ4n) is 9.26. The van der Waals surface area contributed by atoms with Crippen molar-refractivity contribution in [3.63, 3.8) is 0 Å². The molecule has 10 aromatic carbocycles. The van der Waals surface area contributed by atoms with Crippen LogP contribution in [-0.4, -0.2) is 19.5 Å². The van der Waals surface area contributed by atoms with Crippen molar-refractivity contribution in [1.29, 1.82) is 0 Å². The first-order valence-corrected chi connectivity index (χ1v) is 20.7. The second kappa shape index (κ2) is 14.3. The van der Waals surface area contributed by atoms with Gasteiger partial charge in [-0.2, -0.15) is 0 Å². The predicted molar refractivity (Wildman–Crippen MR) is 254 cm³/mol. The van der Waals surface area contributed by atoms with E-state index in [4.69, 9.17) is 15.0 Å². The fraction of sp³-hybridized carbons (Fsp3) is 0. The summed E-state index contributed by atoms with van der Waals surface area (Å²) in [6, 6.07) is 77.7. The number of para-hydroxylation sites is 1. The summed E-state index contributed by atoms with van der Waals surface area (Å²) in [5, 5.41) is 9.95. The molecule has 0 unspecified atom stereocenters. The van der Waals surface area contributed by atoms with E-state index in [1.54, 1.807) is 0 Å². The summed E-state index contributed by atoms with van der Waals surface area (Å²) in [7, 11) is 0. The Morgan fingerprint density at radius 3 is 1.23 bits per heavy atom. The van der Waals surface area contributed by atoms with Crippen molar-refractivity contribution in [3.05, 3.63) is 218 Å². The minimum atomic E-state index is 0.636. The van der Waals surface area contributed by atoms with Crippen LogP contribution in [0.1, 0.15) is 0 Å². The van der Waals surface area contributed by atoms with Gasteiger partial charge in [-0.25, -0.2) is 15.0 Å². The lowest BCUT2D eigenvalue weighted by atomic mass is 9.85. The quantitative estimate of drug-likeness (QED) is 0.158. The average Bonchev–Trinajstić information content (AvgIpc) is 3.69. The molecule has 2 heterocycles. The van der Waals surface area contributed by atoms with Gasteiger partial charge in [0.05, 0.1) is 11.0 Å². The van der Waals surface area contributed by atoms with E-state index < -0.39 is 0 Å². The van der Waals surface area contributed by atoms with Crippen molar-refractivity contribution < 1.29 is 0 Å². The normalized spacial score (nSPS) is 11.6. The van der Waals surface area contributed by atoms with Crippen LogP contribution in [0.2, 0.25) is 0 Å². The Balaban J connectivity index is 1.02. The van der Waals surface area contributed by atoms with Crippen molar-refractivity contribution in [2.75, 3.05) is 0 Å². The summed E-state index contributed by atoms with van der Waals surface area (Å²) in [5.74, 6) is 1.93. The standard InChI is InChI=1S/C57H36N4/c1-3-16-40(17-4-1)55-58-56(41-18-5-2-6-19-41)60-57(59-55)42-29-27-38(28-30-42)52-47-23-11-9-21-45(47)46-22-10-12-24-48(46)53(52)39-31-34-43(35-32-39)61-50-26-14-13-25-49(50)54-44-20-8-7-15-37(44)33-36-51(54)61/h1-36H. The smallest absolute Gasteiger partial charge is 0.164 e. The number of rotatable bonds is 6. The van der Waals surface area contributed by atoms with Gasteiger partial charge in [-0.1, -0.05) is 194 Å². The molecule has 0 saturated carbocycles. The third-order valence-corrected chi connectivity index (χ3v) is 12.0. The summed E-state index contributed by atoms with van der Waals surface area (Å²) in [5.41, 5.74) is 11.0. The van der Waals surface area contributed by atoms with Crippen LogP contribution >= 0.6 is 0 Å². The van der Waals surface area contributed by atoms with E-state index in [2.05, 4.69) is 162 Å². The van der Waals surface area contributed by atoms with Gasteiger partial charge in [-0.05, 0) is 78.8 Å². The van der Waals surface area contributed by atoms with E-state index in [-0.39, 0.29) is 0 Å². The highest BCUT2D eigenvalue weighted by Crippen LogP contribution is 2.45. The highest BCUT2D eigenvalue weighted by Gasteiger charge is 2.20. The van der Waals surface area contributed by atoms with Crippen LogP contribution in [0.25, 0.3) is 116 Å². The number of hydrogen-bond acceptors (Lipinski definition) is 3. The Kier molecular flexibility index (Phi) is 8.13. The summed E-state index contributed by atoms with van der Waals surface area (Å²) >= 11 is 0. The van der Waals surface area contributed by atoms with Crippen LogP contribution in [0.5, 0.6) is 0 Å².